The fraction of sp³-hybridized carbons (Fsp3) is 0.300. The molecule has 3 aromatic heterocycles. The van der Waals surface area contributed by atoms with E-state index in [4.69, 9.17) is 18.3 Å². The Labute approximate surface area is 249 Å². The van der Waals surface area contributed by atoms with Crippen LogP contribution in [0.25, 0.3) is 33.3 Å². The van der Waals surface area contributed by atoms with Gasteiger partial charge in [0.1, 0.15) is 18.1 Å². The lowest BCUT2D eigenvalue weighted by Crippen LogP contribution is -2.13. The number of nitrogens with one attached hydrogen (secondary N) is 1. The molecule has 228 valence electrons. The number of ether oxygens (including phenoxy) is 1. The molecule has 3 heterocycles. The number of fused-ring (bicyclic) bond motifs is 1. The minimum Gasteiger partial charge on any atom is -0.497 e. The zero-order chi connectivity index (χ0) is 31.0. The first-order chi connectivity index (χ1) is 20.6. The van der Waals surface area contributed by atoms with E-state index < -0.39 is 13.8 Å². The molecule has 0 aliphatic rings. The molecule has 1 N–H and O–H groups in total. The molecule has 0 saturated carbocycles. The molecule has 0 fully saturated rings. The van der Waals surface area contributed by atoms with Gasteiger partial charge < -0.3 is 19.5 Å². The number of aromatic nitrogens is 3. The van der Waals surface area contributed by atoms with Gasteiger partial charge >= 0.3 is 7.82 Å². The van der Waals surface area contributed by atoms with Crippen molar-refractivity contribution < 1.29 is 32.1 Å². The molecular formula is C30H35FN5O6P. The van der Waals surface area contributed by atoms with E-state index in [1.54, 1.807) is 56.1 Å². The molecule has 0 radical (unpaired) electrons. The molecule has 4 rings (SSSR count). The predicted molar refractivity (Wildman–Crippen MR) is 163 cm³/mol. The molecule has 0 aliphatic carbocycles. The van der Waals surface area contributed by atoms with E-state index in [-0.39, 0.29) is 25.9 Å². The first kappa shape index (κ1) is 32.0. The Balaban J connectivity index is 1.75. The van der Waals surface area contributed by atoms with Crippen LogP contribution in [0.4, 0.5) is 10.1 Å². The van der Waals surface area contributed by atoms with E-state index in [0.717, 1.165) is 5.56 Å². The van der Waals surface area contributed by atoms with Gasteiger partial charge in [-0.1, -0.05) is 6.08 Å². The molecule has 4 aromatic rings. The molecule has 0 bridgehead atoms. The third-order valence-electron chi connectivity index (χ3n) is 6.16. The zero-order valence-electron chi connectivity index (χ0n) is 24.7. The van der Waals surface area contributed by atoms with Gasteiger partial charge in [0.15, 0.2) is 0 Å². The second-order valence-corrected chi connectivity index (χ2v) is 11.3. The molecular weight excluding hydrogens is 576 g/mol. The number of hydrogen-bond donors (Lipinski definition) is 1. The first-order valence-electron chi connectivity index (χ1n) is 13.6. The quantitative estimate of drug-likeness (QED) is 0.102. The van der Waals surface area contributed by atoms with Gasteiger partial charge in [0.05, 0.1) is 20.3 Å². The maximum absolute atomic E-state index is 14.1. The summed E-state index contributed by atoms with van der Waals surface area (Å²) in [5.41, 5.74) is 3.70. The van der Waals surface area contributed by atoms with Crippen LogP contribution in [-0.4, -0.2) is 66.3 Å². The fourth-order valence-electron chi connectivity index (χ4n) is 4.30. The summed E-state index contributed by atoms with van der Waals surface area (Å²) in [6, 6.07) is 10.3. The highest BCUT2D eigenvalue weighted by Crippen LogP contribution is 2.49. The molecule has 0 spiro atoms. The van der Waals surface area contributed by atoms with Crippen molar-refractivity contribution in [3.05, 3.63) is 73.1 Å². The van der Waals surface area contributed by atoms with E-state index in [1.807, 2.05) is 37.2 Å². The number of methoxy groups -OCH3 is 1. The molecule has 13 heteroatoms. The largest absolute Gasteiger partial charge is 0.497 e. The maximum atomic E-state index is 14.1. The van der Waals surface area contributed by atoms with E-state index in [1.165, 1.54) is 18.3 Å². The predicted octanol–water partition coefficient (Wildman–Crippen LogP) is 6.12. The van der Waals surface area contributed by atoms with E-state index in [0.29, 0.717) is 45.7 Å². The third-order valence-corrected chi connectivity index (χ3v) is 7.74. The number of amides is 1. The van der Waals surface area contributed by atoms with Crippen LogP contribution in [0.1, 0.15) is 13.8 Å². The number of anilines is 1. The number of carbonyl (C=O) groups is 1. The van der Waals surface area contributed by atoms with Crippen LogP contribution in [0.3, 0.4) is 0 Å². The van der Waals surface area contributed by atoms with Crippen LogP contribution in [0.15, 0.2) is 67.1 Å². The second-order valence-electron chi connectivity index (χ2n) is 9.62. The lowest BCUT2D eigenvalue weighted by atomic mass is 10.0. The van der Waals surface area contributed by atoms with Gasteiger partial charge in [0, 0.05) is 65.5 Å². The Morgan fingerprint density at radius 2 is 1.81 bits per heavy atom. The van der Waals surface area contributed by atoms with Gasteiger partial charge in [-0.15, -0.1) is 0 Å². The SMILES string of the molecule is CCOP(=O)(OCC)OCn1cc(-c2ccnc(F)c2)c2cc(-c3cc(NC(=O)/C=C/CN(C)C)cc(OC)c3)cnc21. The van der Waals surface area contributed by atoms with E-state index in [2.05, 4.69) is 15.3 Å². The van der Waals surface area contributed by atoms with Crippen molar-refractivity contribution in [2.24, 2.45) is 0 Å². The number of nitrogens with zero attached hydrogens (tertiary/aromatic N) is 4. The summed E-state index contributed by atoms with van der Waals surface area (Å²) in [5.74, 6) is -0.371. The van der Waals surface area contributed by atoms with Crippen molar-refractivity contribution in [3.63, 3.8) is 0 Å². The Kier molecular flexibility index (Phi) is 10.8. The average molecular weight is 612 g/mol. The van der Waals surface area contributed by atoms with E-state index >= 15 is 0 Å². The summed E-state index contributed by atoms with van der Waals surface area (Å²) < 4.78 is 50.3. The molecule has 0 unspecified atom stereocenters. The van der Waals surface area contributed by atoms with Gasteiger partial charge in [-0.2, -0.15) is 4.39 Å². The highest BCUT2D eigenvalue weighted by atomic mass is 31.2. The standard InChI is InChI=1S/C30H35FN5O6P/c1-6-40-43(38,41-7-2)42-20-36-19-27(21-10-11-32-28(31)16-21)26-15-23(18-33-30(26)36)22-13-24(17-25(14-22)39-5)34-29(37)9-8-12-35(3)4/h8-11,13-19H,6-7,12,20H2,1-5H3,(H,34,37)/b9-8+. The number of likely N-dealkylation sites (N-methyl/N-ethyl adjacent to an activating group) is 1. The van der Waals surface area contributed by atoms with Crippen molar-refractivity contribution in [1.82, 2.24) is 19.4 Å². The second kappa shape index (κ2) is 14.5. The lowest BCUT2D eigenvalue weighted by Gasteiger charge is -2.16. The smallest absolute Gasteiger partial charge is 0.476 e. The number of hydrogen-bond acceptors (Lipinski definition) is 9. The summed E-state index contributed by atoms with van der Waals surface area (Å²) in [4.78, 5) is 22.8. The van der Waals surface area contributed by atoms with Gasteiger partial charge in [-0.3, -0.25) is 18.4 Å². The maximum Gasteiger partial charge on any atom is 0.476 e. The minimum atomic E-state index is -3.80. The normalized spacial score (nSPS) is 12.0. The summed E-state index contributed by atoms with van der Waals surface area (Å²) in [6.45, 7) is 4.10. The number of carbonyl (C=O) groups excluding carboxylic acids is 1. The number of benzene rings is 1. The molecule has 11 nitrogen and oxygen atoms in total. The van der Waals surface area contributed by atoms with Crippen LogP contribution >= 0.6 is 7.82 Å². The number of rotatable bonds is 14. The molecule has 1 aromatic carbocycles. The Morgan fingerprint density at radius 1 is 1.05 bits per heavy atom. The van der Waals surface area contributed by atoms with Crippen LogP contribution in [0.2, 0.25) is 0 Å². The Morgan fingerprint density at radius 3 is 2.49 bits per heavy atom. The number of phosphoric ester groups is 1. The van der Waals surface area contributed by atoms with Crippen molar-refractivity contribution in [2.75, 3.05) is 46.3 Å². The summed E-state index contributed by atoms with van der Waals surface area (Å²) in [6.07, 6.45) is 8.03. The Hall–Kier alpha value is -3.93. The molecule has 1 amide bonds. The van der Waals surface area contributed by atoms with Crippen LogP contribution in [0, 0.1) is 5.95 Å². The zero-order valence-corrected chi connectivity index (χ0v) is 25.6. The van der Waals surface area contributed by atoms with Crippen LogP contribution < -0.4 is 10.1 Å². The number of pyridine rings is 2. The highest BCUT2D eigenvalue weighted by molar-refractivity contribution is 7.48. The molecule has 0 atom stereocenters. The summed E-state index contributed by atoms with van der Waals surface area (Å²) in [7, 11) is 1.57. The fourth-order valence-corrected chi connectivity index (χ4v) is 5.42. The molecule has 43 heavy (non-hydrogen) atoms. The van der Waals surface area contributed by atoms with Crippen molar-refractivity contribution >= 4 is 30.5 Å². The van der Waals surface area contributed by atoms with Gasteiger partial charge in [-0.05, 0) is 63.3 Å². The van der Waals surface area contributed by atoms with Gasteiger partial charge in [0.25, 0.3) is 0 Å². The number of phosphoric acid groups is 1. The van der Waals surface area contributed by atoms with Crippen LogP contribution in [0.5, 0.6) is 5.75 Å². The topological polar surface area (TPSA) is 117 Å². The first-order valence-corrected chi connectivity index (χ1v) is 15.1. The highest BCUT2D eigenvalue weighted by Gasteiger charge is 2.26. The van der Waals surface area contributed by atoms with Crippen LogP contribution in [-0.2, 0) is 29.7 Å². The Bertz CT molecular complexity index is 1650. The van der Waals surface area contributed by atoms with Crippen molar-refractivity contribution in [3.8, 4) is 28.0 Å². The molecule has 0 aliphatic heterocycles. The lowest BCUT2D eigenvalue weighted by molar-refractivity contribution is -0.111. The van der Waals surface area contributed by atoms with Crippen molar-refractivity contribution in [1.29, 1.82) is 0 Å². The summed E-state index contributed by atoms with van der Waals surface area (Å²) in [5, 5.41) is 3.55. The summed E-state index contributed by atoms with van der Waals surface area (Å²) >= 11 is 0. The number of halogens is 1. The molecule has 0 saturated heterocycles. The van der Waals surface area contributed by atoms with Gasteiger partial charge in [0.2, 0.25) is 11.9 Å². The van der Waals surface area contributed by atoms with Gasteiger partial charge in [-0.25, -0.2) is 14.5 Å². The minimum absolute atomic E-state index is 0.141. The van der Waals surface area contributed by atoms with Crippen molar-refractivity contribution in [2.45, 2.75) is 20.6 Å². The third kappa shape index (κ3) is 8.34. The monoisotopic (exact) mass is 611 g/mol. The average Bonchev–Trinajstić information content (AvgIpc) is 3.34. The van der Waals surface area contributed by atoms with E-state index in [9.17, 15) is 13.8 Å².